The van der Waals surface area contributed by atoms with Crippen molar-refractivity contribution in [3.63, 3.8) is 0 Å². The van der Waals surface area contributed by atoms with Crippen molar-refractivity contribution in [2.45, 2.75) is 45.6 Å². The molecule has 31 heavy (non-hydrogen) atoms. The van der Waals surface area contributed by atoms with Gasteiger partial charge in [-0.3, -0.25) is 10.1 Å². The van der Waals surface area contributed by atoms with Crippen LogP contribution < -0.4 is 10.1 Å². The zero-order valence-corrected chi connectivity index (χ0v) is 20.2. The van der Waals surface area contributed by atoms with Crippen LogP contribution in [0.1, 0.15) is 54.9 Å². The lowest BCUT2D eigenvalue weighted by molar-refractivity contribution is 0.0969. The first-order chi connectivity index (χ1) is 15.0. The van der Waals surface area contributed by atoms with Crippen LogP contribution in [0.3, 0.4) is 0 Å². The van der Waals surface area contributed by atoms with Crippen molar-refractivity contribution in [1.82, 2.24) is 10.2 Å². The molecule has 0 heterocycles. The van der Waals surface area contributed by atoms with Crippen LogP contribution in [-0.4, -0.2) is 29.1 Å². The third kappa shape index (κ3) is 8.68. The van der Waals surface area contributed by atoms with Crippen molar-refractivity contribution in [1.29, 1.82) is 5.26 Å². The fourth-order valence-electron chi connectivity index (χ4n) is 3.00. The van der Waals surface area contributed by atoms with Crippen molar-refractivity contribution in [2.24, 2.45) is 0 Å². The van der Waals surface area contributed by atoms with Crippen LogP contribution in [0.15, 0.2) is 53.0 Å². The summed E-state index contributed by atoms with van der Waals surface area (Å²) >= 11 is 8.93. The van der Waals surface area contributed by atoms with Crippen molar-refractivity contribution >= 4 is 39.2 Å². The second-order valence-electron chi connectivity index (χ2n) is 7.12. The molecule has 0 bridgehead atoms. The van der Waals surface area contributed by atoms with Gasteiger partial charge in [0.2, 0.25) is 0 Å². The number of nitrogens with one attached hydrogen (secondary N) is 1. The largest absolute Gasteiger partial charge is 0.493 e. The minimum atomic E-state index is -0.329. The second kappa shape index (κ2) is 13.8. The maximum Gasteiger partial charge on any atom is 0.261 e. The van der Waals surface area contributed by atoms with Crippen LogP contribution in [-0.2, 0) is 6.54 Å². The summed E-state index contributed by atoms with van der Waals surface area (Å²) in [6.45, 7) is 3.68. The van der Waals surface area contributed by atoms with Gasteiger partial charge < -0.3 is 9.64 Å². The van der Waals surface area contributed by atoms with Crippen LogP contribution in [0.4, 0.5) is 0 Å². The third-order valence-electron chi connectivity index (χ3n) is 4.66. The zero-order valence-electron chi connectivity index (χ0n) is 17.8. The van der Waals surface area contributed by atoms with Crippen molar-refractivity contribution in [2.75, 3.05) is 13.2 Å². The fraction of sp³-hybridized carbons (Fsp3) is 0.375. The number of hydrogen-bond acceptors (Lipinski definition) is 4. The molecule has 2 aromatic carbocycles. The van der Waals surface area contributed by atoms with Gasteiger partial charge in [-0.05, 0) is 42.4 Å². The number of hydrogen-bond donors (Lipinski definition) is 1. The third-order valence-corrected chi connectivity index (χ3v) is 5.51. The number of rotatable bonds is 11. The Kier molecular flexibility index (Phi) is 11.0. The van der Waals surface area contributed by atoms with Crippen molar-refractivity contribution in [3.8, 4) is 11.8 Å². The number of halogens is 1. The van der Waals surface area contributed by atoms with E-state index in [1.54, 1.807) is 12.1 Å². The minimum absolute atomic E-state index is 0.290. The highest BCUT2D eigenvalue weighted by Crippen LogP contribution is 2.24. The molecule has 0 atom stereocenters. The first-order valence-corrected chi connectivity index (χ1v) is 11.7. The van der Waals surface area contributed by atoms with E-state index in [4.69, 9.17) is 22.2 Å². The number of thiocarbonyl (C=S) groups is 1. The van der Waals surface area contributed by atoms with Crippen LogP contribution in [0.2, 0.25) is 0 Å². The first-order valence-electron chi connectivity index (χ1n) is 10.5. The first kappa shape index (κ1) is 24.8. The highest BCUT2D eigenvalue weighted by Gasteiger charge is 2.18. The average molecular weight is 502 g/mol. The standard InChI is InChI=1S/C24H28BrN3O2S/c1-2-3-4-8-16-30-22-13-12-20(25)17-21(22)23(29)27-24(31)28(15-9-14-26)18-19-10-6-5-7-11-19/h5-7,10-13,17H,2-4,8-9,15-16,18H2,1H3,(H,27,29,31). The van der Waals surface area contributed by atoms with Crippen LogP contribution in [0.25, 0.3) is 0 Å². The van der Waals surface area contributed by atoms with Gasteiger partial charge in [-0.2, -0.15) is 5.26 Å². The molecule has 0 unspecified atom stereocenters. The molecular formula is C24H28BrN3O2S. The van der Waals surface area contributed by atoms with E-state index in [1.807, 2.05) is 41.3 Å². The molecule has 0 fully saturated rings. The SMILES string of the molecule is CCCCCCOc1ccc(Br)cc1C(=O)NC(=S)N(CCC#N)Cc1ccccc1. The molecule has 0 aliphatic carbocycles. The van der Waals surface area contributed by atoms with Gasteiger partial charge in [0.1, 0.15) is 5.75 Å². The molecule has 0 aliphatic rings. The van der Waals surface area contributed by atoms with Gasteiger partial charge in [-0.1, -0.05) is 72.4 Å². The van der Waals surface area contributed by atoms with E-state index in [-0.39, 0.29) is 11.0 Å². The topological polar surface area (TPSA) is 65.4 Å². The monoisotopic (exact) mass is 501 g/mol. The summed E-state index contributed by atoms with van der Waals surface area (Å²) in [4.78, 5) is 14.8. The van der Waals surface area contributed by atoms with Gasteiger partial charge in [0.25, 0.3) is 5.91 Å². The van der Waals surface area contributed by atoms with Crippen LogP contribution >= 0.6 is 28.1 Å². The molecule has 7 heteroatoms. The molecule has 0 saturated carbocycles. The molecule has 0 spiro atoms. The number of carbonyl (C=O) groups excluding carboxylic acids is 1. The lowest BCUT2D eigenvalue weighted by Gasteiger charge is -2.25. The molecule has 1 amide bonds. The van der Waals surface area contributed by atoms with E-state index < -0.39 is 0 Å². The Balaban J connectivity index is 2.07. The number of carbonyl (C=O) groups is 1. The molecule has 0 aromatic heterocycles. The summed E-state index contributed by atoms with van der Waals surface area (Å²) in [5.41, 5.74) is 1.47. The van der Waals surface area contributed by atoms with Gasteiger partial charge in [0, 0.05) is 17.6 Å². The van der Waals surface area contributed by atoms with Gasteiger partial charge in [-0.25, -0.2) is 0 Å². The lowest BCUT2D eigenvalue weighted by Crippen LogP contribution is -2.42. The van der Waals surface area contributed by atoms with Crippen LogP contribution in [0.5, 0.6) is 5.75 Å². The summed E-state index contributed by atoms with van der Waals surface area (Å²) in [5.74, 6) is 0.205. The summed E-state index contributed by atoms with van der Waals surface area (Å²) in [5, 5.41) is 12.1. The number of nitrogens with zero attached hydrogens (tertiary/aromatic N) is 2. The second-order valence-corrected chi connectivity index (χ2v) is 8.43. The predicted octanol–water partition coefficient (Wildman–Crippen LogP) is 5.84. The fourth-order valence-corrected chi connectivity index (χ4v) is 3.61. The Morgan fingerprint density at radius 1 is 1.19 bits per heavy atom. The van der Waals surface area contributed by atoms with Crippen LogP contribution in [0, 0.1) is 11.3 Å². The van der Waals surface area contributed by atoms with E-state index in [1.165, 1.54) is 6.42 Å². The normalized spacial score (nSPS) is 10.2. The number of ether oxygens (including phenoxy) is 1. The van der Waals surface area contributed by atoms with E-state index in [0.29, 0.717) is 37.4 Å². The molecule has 2 rings (SSSR count). The number of nitriles is 1. The summed E-state index contributed by atoms with van der Waals surface area (Å²) in [6.07, 6.45) is 4.69. The predicted molar refractivity (Wildman–Crippen MR) is 131 cm³/mol. The van der Waals surface area contributed by atoms with Crippen molar-refractivity contribution < 1.29 is 9.53 Å². The minimum Gasteiger partial charge on any atom is -0.493 e. The van der Waals surface area contributed by atoms with Gasteiger partial charge in [0.05, 0.1) is 24.7 Å². The summed E-state index contributed by atoms with van der Waals surface area (Å²) in [6, 6.07) is 17.3. The molecule has 164 valence electrons. The lowest BCUT2D eigenvalue weighted by atomic mass is 10.2. The maximum atomic E-state index is 13.0. The molecule has 0 saturated heterocycles. The highest BCUT2D eigenvalue weighted by atomic mass is 79.9. The molecule has 5 nitrogen and oxygen atoms in total. The average Bonchev–Trinajstić information content (AvgIpc) is 2.77. The van der Waals surface area contributed by atoms with Crippen molar-refractivity contribution in [3.05, 3.63) is 64.1 Å². The van der Waals surface area contributed by atoms with E-state index in [9.17, 15) is 4.79 Å². The summed E-state index contributed by atoms with van der Waals surface area (Å²) < 4.78 is 6.67. The molecule has 0 aliphatic heterocycles. The Bertz CT molecular complexity index is 899. The smallest absolute Gasteiger partial charge is 0.261 e. The van der Waals surface area contributed by atoms with E-state index in [2.05, 4.69) is 34.2 Å². The Hall–Kier alpha value is -2.43. The van der Waals surface area contributed by atoms with E-state index in [0.717, 1.165) is 29.3 Å². The zero-order chi connectivity index (χ0) is 22.5. The molecule has 0 radical (unpaired) electrons. The Morgan fingerprint density at radius 2 is 1.97 bits per heavy atom. The Labute approximate surface area is 198 Å². The van der Waals surface area contributed by atoms with E-state index >= 15 is 0 Å². The van der Waals surface area contributed by atoms with Gasteiger partial charge in [-0.15, -0.1) is 0 Å². The van der Waals surface area contributed by atoms with Gasteiger partial charge >= 0.3 is 0 Å². The highest BCUT2D eigenvalue weighted by molar-refractivity contribution is 9.10. The number of benzene rings is 2. The van der Waals surface area contributed by atoms with Gasteiger partial charge in [0.15, 0.2) is 5.11 Å². The Morgan fingerprint density at radius 3 is 2.68 bits per heavy atom. The molecule has 1 N–H and O–H groups in total. The number of amides is 1. The number of unbranched alkanes of at least 4 members (excludes halogenated alkanes) is 3. The molecule has 2 aromatic rings. The maximum absolute atomic E-state index is 13.0. The summed E-state index contributed by atoms with van der Waals surface area (Å²) in [7, 11) is 0. The quantitative estimate of drug-likeness (QED) is 0.309. The molecular weight excluding hydrogens is 474 g/mol.